The summed E-state index contributed by atoms with van der Waals surface area (Å²) < 4.78 is 0. The lowest BCUT2D eigenvalue weighted by Crippen LogP contribution is -2.35. The summed E-state index contributed by atoms with van der Waals surface area (Å²) in [5, 5.41) is 2.59. The SMILES string of the molecule is CC1CN(c2ccc3ccccc3c2)c2ccccc2CN1C. The fourth-order valence-corrected chi connectivity index (χ4v) is 3.42. The van der Waals surface area contributed by atoms with Gasteiger partial charge in [0.1, 0.15) is 0 Å². The van der Waals surface area contributed by atoms with Gasteiger partial charge in [-0.25, -0.2) is 0 Å². The van der Waals surface area contributed by atoms with Gasteiger partial charge in [0, 0.05) is 30.5 Å². The van der Waals surface area contributed by atoms with Gasteiger partial charge in [0.2, 0.25) is 0 Å². The summed E-state index contributed by atoms with van der Waals surface area (Å²) in [6, 6.07) is 24.6. The lowest BCUT2D eigenvalue weighted by atomic mass is 10.1. The van der Waals surface area contributed by atoms with E-state index in [9.17, 15) is 0 Å². The molecule has 4 rings (SSSR count). The molecule has 2 heteroatoms. The Hall–Kier alpha value is -2.32. The quantitative estimate of drug-likeness (QED) is 0.636. The number of anilines is 2. The third-order valence-corrected chi connectivity index (χ3v) is 4.95. The molecule has 1 aliphatic rings. The van der Waals surface area contributed by atoms with Crippen LogP contribution in [0.1, 0.15) is 12.5 Å². The molecule has 1 heterocycles. The average molecular weight is 302 g/mol. The summed E-state index contributed by atoms with van der Waals surface area (Å²) in [5.74, 6) is 0. The molecule has 3 aromatic rings. The Balaban J connectivity index is 1.84. The van der Waals surface area contributed by atoms with Gasteiger partial charge in [-0.2, -0.15) is 0 Å². The molecule has 0 saturated carbocycles. The highest BCUT2D eigenvalue weighted by molar-refractivity contribution is 5.87. The molecule has 0 aliphatic carbocycles. The van der Waals surface area contributed by atoms with E-state index >= 15 is 0 Å². The van der Waals surface area contributed by atoms with Gasteiger partial charge in [-0.15, -0.1) is 0 Å². The highest BCUT2D eigenvalue weighted by Crippen LogP contribution is 2.34. The number of likely N-dealkylation sites (N-methyl/N-ethyl adjacent to an activating group) is 1. The first-order chi connectivity index (χ1) is 11.2. The Morgan fingerprint density at radius 3 is 2.48 bits per heavy atom. The molecule has 0 radical (unpaired) electrons. The van der Waals surface area contributed by atoms with Crippen molar-refractivity contribution >= 4 is 22.1 Å². The van der Waals surface area contributed by atoms with E-state index < -0.39 is 0 Å². The van der Waals surface area contributed by atoms with Gasteiger partial charge in [0.15, 0.2) is 0 Å². The molecule has 2 nitrogen and oxygen atoms in total. The van der Waals surface area contributed by atoms with Gasteiger partial charge < -0.3 is 4.90 Å². The molecule has 116 valence electrons. The highest BCUT2D eigenvalue weighted by atomic mass is 15.2. The largest absolute Gasteiger partial charge is 0.340 e. The normalized spacial score (nSPS) is 18.7. The summed E-state index contributed by atoms with van der Waals surface area (Å²) in [6.07, 6.45) is 0. The number of hydrogen-bond acceptors (Lipinski definition) is 2. The van der Waals surface area contributed by atoms with Gasteiger partial charge in [0.25, 0.3) is 0 Å². The molecular weight excluding hydrogens is 280 g/mol. The molecule has 0 amide bonds. The van der Waals surface area contributed by atoms with Crippen LogP contribution in [0.3, 0.4) is 0 Å². The first-order valence-corrected chi connectivity index (χ1v) is 8.27. The van der Waals surface area contributed by atoms with Crippen LogP contribution in [0.25, 0.3) is 10.8 Å². The third-order valence-electron chi connectivity index (χ3n) is 4.95. The number of fused-ring (bicyclic) bond motifs is 2. The Bertz CT molecular complexity index is 840. The maximum absolute atomic E-state index is 2.47. The summed E-state index contributed by atoms with van der Waals surface area (Å²) in [5.41, 5.74) is 4.00. The van der Waals surface area contributed by atoms with Crippen LogP contribution in [-0.2, 0) is 6.54 Å². The van der Waals surface area contributed by atoms with Crippen molar-refractivity contribution in [2.75, 3.05) is 18.5 Å². The molecule has 0 aromatic heterocycles. The minimum Gasteiger partial charge on any atom is -0.340 e. The first kappa shape index (κ1) is 14.3. The van der Waals surface area contributed by atoms with Crippen LogP contribution in [0, 0.1) is 0 Å². The third kappa shape index (κ3) is 2.60. The van der Waals surface area contributed by atoms with Crippen LogP contribution < -0.4 is 4.90 Å². The van der Waals surface area contributed by atoms with Crippen molar-refractivity contribution in [1.29, 1.82) is 0 Å². The van der Waals surface area contributed by atoms with Crippen molar-refractivity contribution in [3.05, 3.63) is 72.3 Å². The predicted molar refractivity (Wildman–Crippen MR) is 98.3 cm³/mol. The zero-order chi connectivity index (χ0) is 15.8. The zero-order valence-corrected chi connectivity index (χ0v) is 13.7. The molecule has 0 saturated heterocycles. The van der Waals surface area contributed by atoms with Gasteiger partial charge in [-0.1, -0.05) is 48.5 Å². The second kappa shape index (κ2) is 5.71. The van der Waals surface area contributed by atoms with Crippen LogP contribution in [-0.4, -0.2) is 24.5 Å². The van der Waals surface area contributed by atoms with E-state index in [4.69, 9.17) is 0 Å². The fraction of sp³-hybridized carbons (Fsp3) is 0.238. The Kier molecular flexibility index (Phi) is 3.55. The molecule has 0 N–H and O–H groups in total. The lowest BCUT2D eigenvalue weighted by molar-refractivity contribution is 0.261. The molecular formula is C21H22N2. The Labute approximate surface area is 138 Å². The number of rotatable bonds is 1. The molecule has 0 bridgehead atoms. The van der Waals surface area contributed by atoms with E-state index in [0.717, 1.165) is 13.1 Å². The Morgan fingerprint density at radius 1 is 0.870 bits per heavy atom. The smallest absolute Gasteiger partial charge is 0.0456 e. The monoisotopic (exact) mass is 302 g/mol. The summed E-state index contributed by atoms with van der Waals surface area (Å²) in [4.78, 5) is 4.90. The lowest BCUT2D eigenvalue weighted by Gasteiger charge is -2.28. The molecule has 1 unspecified atom stereocenters. The number of nitrogens with zero attached hydrogens (tertiary/aromatic N) is 2. The van der Waals surface area contributed by atoms with Gasteiger partial charge in [0.05, 0.1) is 0 Å². The molecule has 3 aromatic carbocycles. The summed E-state index contributed by atoms with van der Waals surface area (Å²) >= 11 is 0. The summed E-state index contributed by atoms with van der Waals surface area (Å²) in [6.45, 7) is 4.31. The van der Waals surface area contributed by atoms with Crippen LogP contribution >= 0.6 is 0 Å². The minimum atomic E-state index is 0.508. The van der Waals surface area contributed by atoms with Crippen molar-refractivity contribution < 1.29 is 0 Å². The van der Waals surface area contributed by atoms with Gasteiger partial charge in [-0.3, -0.25) is 4.90 Å². The fourth-order valence-electron chi connectivity index (χ4n) is 3.42. The van der Waals surface area contributed by atoms with E-state index in [1.165, 1.54) is 27.7 Å². The second-order valence-corrected chi connectivity index (χ2v) is 6.53. The molecule has 1 aliphatic heterocycles. The minimum absolute atomic E-state index is 0.508. The van der Waals surface area contributed by atoms with Crippen molar-refractivity contribution in [2.45, 2.75) is 19.5 Å². The first-order valence-electron chi connectivity index (χ1n) is 8.27. The van der Waals surface area contributed by atoms with Crippen molar-refractivity contribution in [1.82, 2.24) is 4.90 Å². The summed E-state index contributed by atoms with van der Waals surface area (Å²) in [7, 11) is 2.21. The van der Waals surface area contributed by atoms with E-state index in [2.05, 4.69) is 90.5 Å². The van der Waals surface area contributed by atoms with Gasteiger partial charge >= 0.3 is 0 Å². The van der Waals surface area contributed by atoms with Gasteiger partial charge in [-0.05, 0) is 48.5 Å². The molecule has 23 heavy (non-hydrogen) atoms. The maximum atomic E-state index is 2.47. The average Bonchev–Trinajstić information content (AvgIpc) is 2.71. The van der Waals surface area contributed by atoms with E-state index in [-0.39, 0.29) is 0 Å². The number of para-hydroxylation sites is 1. The van der Waals surface area contributed by atoms with Crippen LogP contribution in [0.2, 0.25) is 0 Å². The molecule has 0 spiro atoms. The predicted octanol–water partition coefficient (Wildman–Crippen LogP) is 4.81. The molecule has 0 fully saturated rings. The van der Waals surface area contributed by atoms with E-state index in [0.29, 0.717) is 6.04 Å². The number of hydrogen-bond donors (Lipinski definition) is 0. The highest BCUT2D eigenvalue weighted by Gasteiger charge is 2.23. The topological polar surface area (TPSA) is 6.48 Å². The zero-order valence-electron chi connectivity index (χ0n) is 13.7. The second-order valence-electron chi connectivity index (χ2n) is 6.53. The van der Waals surface area contributed by atoms with Crippen LogP contribution in [0.4, 0.5) is 11.4 Å². The van der Waals surface area contributed by atoms with Crippen molar-refractivity contribution in [3.8, 4) is 0 Å². The standard InChI is InChI=1S/C21H22N2/c1-16-14-23(21-10-6-5-9-19(21)15-22(16)2)20-12-11-17-7-3-4-8-18(17)13-20/h3-13,16H,14-15H2,1-2H3. The van der Waals surface area contributed by atoms with Crippen molar-refractivity contribution in [3.63, 3.8) is 0 Å². The van der Waals surface area contributed by atoms with E-state index in [1.807, 2.05) is 0 Å². The Morgan fingerprint density at radius 2 is 1.61 bits per heavy atom. The number of benzene rings is 3. The van der Waals surface area contributed by atoms with Crippen LogP contribution in [0.15, 0.2) is 66.7 Å². The van der Waals surface area contributed by atoms with E-state index in [1.54, 1.807) is 0 Å². The molecule has 1 atom stereocenters. The van der Waals surface area contributed by atoms with Crippen molar-refractivity contribution in [2.24, 2.45) is 0 Å². The van der Waals surface area contributed by atoms with Crippen LogP contribution in [0.5, 0.6) is 0 Å². The maximum Gasteiger partial charge on any atom is 0.0456 e.